The summed E-state index contributed by atoms with van der Waals surface area (Å²) in [6, 6.07) is 5.14. The van der Waals surface area contributed by atoms with E-state index < -0.39 is 0 Å². The Morgan fingerprint density at radius 3 is 2.84 bits per heavy atom. The lowest BCUT2D eigenvalue weighted by Crippen LogP contribution is -2.12. The van der Waals surface area contributed by atoms with Crippen molar-refractivity contribution in [3.8, 4) is 11.4 Å². The van der Waals surface area contributed by atoms with Crippen molar-refractivity contribution in [1.82, 2.24) is 14.9 Å². The summed E-state index contributed by atoms with van der Waals surface area (Å²) in [4.78, 5) is 0. The molecule has 2 aromatic rings. The SMILES string of the molecule is COCCSc1nnc(-c2ccc(Cl)cc2Cl)n1N. The number of nitrogen functional groups attached to an aromatic ring is 1. The van der Waals surface area contributed by atoms with Gasteiger partial charge in [-0.25, -0.2) is 4.68 Å². The van der Waals surface area contributed by atoms with Gasteiger partial charge in [-0.2, -0.15) is 0 Å². The first-order chi connectivity index (χ1) is 9.13. The molecule has 0 atom stereocenters. The number of methoxy groups -OCH3 is 1. The Balaban J connectivity index is 2.26. The summed E-state index contributed by atoms with van der Waals surface area (Å²) in [5.41, 5.74) is 0.694. The highest BCUT2D eigenvalue weighted by Crippen LogP contribution is 2.30. The van der Waals surface area contributed by atoms with Gasteiger partial charge in [0.15, 0.2) is 5.82 Å². The summed E-state index contributed by atoms with van der Waals surface area (Å²) in [7, 11) is 1.65. The van der Waals surface area contributed by atoms with Crippen LogP contribution in [0.3, 0.4) is 0 Å². The molecule has 0 unspecified atom stereocenters. The Labute approximate surface area is 125 Å². The monoisotopic (exact) mass is 318 g/mol. The molecule has 0 amide bonds. The second-order valence-electron chi connectivity index (χ2n) is 3.64. The minimum Gasteiger partial charge on any atom is -0.384 e. The van der Waals surface area contributed by atoms with Crippen LogP contribution in [0.1, 0.15) is 0 Å². The first-order valence-electron chi connectivity index (χ1n) is 5.41. The van der Waals surface area contributed by atoms with Crippen LogP contribution in [-0.2, 0) is 4.74 Å². The van der Waals surface area contributed by atoms with E-state index in [0.717, 1.165) is 5.75 Å². The molecule has 102 valence electrons. The lowest BCUT2D eigenvalue weighted by Gasteiger charge is -2.05. The molecule has 0 aliphatic heterocycles. The third-order valence-electron chi connectivity index (χ3n) is 2.36. The second-order valence-corrected chi connectivity index (χ2v) is 5.55. The molecule has 0 saturated heterocycles. The Bertz CT molecular complexity index is 576. The molecule has 0 radical (unpaired) electrons. The smallest absolute Gasteiger partial charge is 0.210 e. The van der Waals surface area contributed by atoms with Crippen LogP contribution in [0.5, 0.6) is 0 Å². The van der Waals surface area contributed by atoms with Crippen LogP contribution in [-0.4, -0.2) is 34.3 Å². The van der Waals surface area contributed by atoms with Crippen molar-refractivity contribution in [1.29, 1.82) is 0 Å². The van der Waals surface area contributed by atoms with E-state index in [1.165, 1.54) is 16.4 Å². The molecule has 8 heteroatoms. The fourth-order valence-electron chi connectivity index (χ4n) is 1.45. The Morgan fingerprint density at radius 1 is 1.37 bits per heavy atom. The zero-order valence-corrected chi connectivity index (χ0v) is 12.5. The highest BCUT2D eigenvalue weighted by molar-refractivity contribution is 7.99. The zero-order chi connectivity index (χ0) is 13.8. The van der Waals surface area contributed by atoms with Crippen molar-refractivity contribution in [2.45, 2.75) is 5.16 Å². The second kappa shape index (κ2) is 6.47. The summed E-state index contributed by atoms with van der Waals surface area (Å²) in [5, 5.41) is 9.74. The Morgan fingerprint density at radius 2 is 2.16 bits per heavy atom. The number of hydrogen-bond donors (Lipinski definition) is 1. The third kappa shape index (κ3) is 3.33. The van der Waals surface area contributed by atoms with Gasteiger partial charge in [0.1, 0.15) is 0 Å². The number of rotatable bonds is 5. The topological polar surface area (TPSA) is 66.0 Å². The molecular formula is C11H12Cl2N4OS. The summed E-state index contributed by atoms with van der Waals surface area (Å²) in [6.45, 7) is 0.620. The highest BCUT2D eigenvalue weighted by Gasteiger charge is 2.14. The molecule has 0 saturated carbocycles. The molecule has 0 aliphatic rings. The number of nitrogens with zero attached hydrogens (tertiary/aromatic N) is 3. The molecule has 0 fully saturated rings. The standard InChI is InChI=1S/C11H12Cl2N4OS/c1-18-4-5-19-11-16-15-10(17(11)14)8-3-2-7(12)6-9(8)13/h2-3,6H,4-5,14H2,1H3. The van der Waals surface area contributed by atoms with E-state index in [1.54, 1.807) is 25.3 Å². The van der Waals surface area contributed by atoms with Crippen LogP contribution in [0, 0.1) is 0 Å². The number of benzene rings is 1. The third-order valence-corrected chi connectivity index (χ3v) is 3.81. The molecule has 5 nitrogen and oxygen atoms in total. The molecule has 0 spiro atoms. The predicted octanol–water partition coefficient (Wildman–Crippen LogP) is 2.70. The van der Waals surface area contributed by atoms with Crippen LogP contribution in [0.2, 0.25) is 10.0 Å². The maximum absolute atomic E-state index is 6.12. The lowest BCUT2D eigenvalue weighted by atomic mass is 10.2. The molecule has 19 heavy (non-hydrogen) atoms. The maximum Gasteiger partial charge on any atom is 0.210 e. The minimum absolute atomic E-state index is 0.486. The zero-order valence-electron chi connectivity index (χ0n) is 10.1. The van der Waals surface area contributed by atoms with Gasteiger partial charge >= 0.3 is 0 Å². The van der Waals surface area contributed by atoms with Gasteiger partial charge in [-0.3, -0.25) is 0 Å². The van der Waals surface area contributed by atoms with Crippen LogP contribution in [0.25, 0.3) is 11.4 Å². The summed E-state index contributed by atoms with van der Waals surface area (Å²) in [6.07, 6.45) is 0. The number of thioether (sulfide) groups is 1. The molecular weight excluding hydrogens is 307 g/mol. The maximum atomic E-state index is 6.12. The largest absolute Gasteiger partial charge is 0.384 e. The van der Waals surface area contributed by atoms with Gasteiger partial charge in [-0.05, 0) is 18.2 Å². The van der Waals surface area contributed by atoms with Crippen LogP contribution in [0.15, 0.2) is 23.4 Å². The number of hydrogen-bond acceptors (Lipinski definition) is 5. The molecule has 1 aromatic heterocycles. The van der Waals surface area contributed by atoms with Gasteiger partial charge in [0.25, 0.3) is 0 Å². The van der Waals surface area contributed by atoms with E-state index in [0.29, 0.717) is 33.2 Å². The van der Waals surface area contributed by atoms with E-state index in [9.17, 15) is 0 Å². The fourth-order valence-corrected chi connectivity index (χ4v) is 2.70. The van der Waals surface area contributed by atoms with Gasteiger partial charge in [0.2, 0.25) is 5.16 Å². The number of ether oxygens (including phenoxy) is 1. The van der Waals surface area contributed by atoms with E-state index in [1.807, 2.05) is 0 Å². The van der Waals surface area contributed by atoms with Crippen molar-refractivity contribution in [2.24, 2.45) is 0 Å². The first kappa shape index (κ1) is 14.5. The van der Waals surface area contributed by atoms with E-state index in [-0.39, 0.29) is 0 Å². The number of halogens is 2. The molecule has 1 aromatic carbocycles. The van der Waals surface area contributed by atoms with E-state index >= 15 is 0 Å². The van der Waals surface area contributed by atoms with Crippen molar-refractivity contribution in [3.63, 3.8) is 0 Å². The Kier molecular flexibility index (Phi) is 4.93. The molecule has 0 aliphatic carbocycles. The van der Waals surface area contributed by atoms with Crippen molar-refractivity contribution in [2.75, 3.05) is 25.3 Å². The van der Waals surface area contributed by atoms with Crippen molar-refractivity contribution >= 4 is 35.0 Å². The molecule has 2 N–H and O–H groups in total. The highest BCUT2D eigenvalue weighted by atomic mass is 35.5. The lowest BCUT2D eigenvalue weighted by molar-refractivity contribution is 0.218. The fraction of sp³-hybridized carbons (Fsp3) is 0.273. The summed E-state index contributed by atoms with van der Waals surface area (Å²) in [5.74, 6) is 7.21. The van der Waals surface area contributed by atoms with Crippen molar-refractivity contribution < 1.29 is 4.74 Å². The average molecular weight is 319 g/mol. The van der Waals surface area contributed by atoms with E-state index in [2.05, 4.69) is 10.2 Å². The van der Waals surface area contributed by atoms with Crippen molar-refractivity contribution in [3.05, 3.63) is 28.2 Å². The molecule has 0 bridgehead atoms. The molecule has 2 rings (SSSR count). The quantitative estimate of drug-likeness (QED) is 0.521. The molecule has 1 heterocycles. The summed E-state index contributed by atoms with van der Waals surface area (Å²) >= 11 is 13.4. The van der Waals surface area contributed by atoms with Gasteiger partial charge in [0, 0.05) is 23.4 Å². The van der Waals surface area contributed by atoms with Crippen LogP contribution < -0.4 is 5.84 Å². The predicted molar refractivity (Wildman–Crippen MR) is 78.2 cm³/mol. The van der Waals surface area contributed by atoms with Gasteiger partial charge in [0.05, 0.1) is 11.6 Å². The number of nitrogens with two attached hydrogens (primary N) is 1. The number of aromatic nitrogens is 3. The van der Waals surface area contributed by atoms with Crippen LogP contribution in [0.4, 0.5) is 0 Å². The van der Waals surface area contributed by atoms with Gasteiger partial charge in [-0.15, -0.1) is 10.2 Å². The van der Waals surface area contributed by atoms with Gasteiger partial charge < -0.3 is 10.6 Å². The normalized spacial score (nSPS) is 10.9. The van der Waals surface area contributed by atoms with Gasteiger partial charge in [-0.1, -0.05) is 35.0 Å². The van der Waals surface area contributed by atoms with Crippen LogP contribution >= 0.6 is 35.0 Å². The first-order valence-corrected chi connectivity index (χ1v) is 7.15. The average Bonchev–Trinajstić information content (AvgIpc) is 2.72. The van der Waals surface area contributed by atoms with E-state index in [4.69, 9.17) is 33.8 Å². The minimum atomic E-state index is 0.486. The Hall–Kier alpha value is -0.950. The summed E-state index contributed by atoms with van der Waals surface area (Å²) < 4.78 is 6.38.